The van der Waals surface area contributed by atoms with Gasteiger partial charge in [-0.15, -0.1) is 0 Å². The number of carboxylic acid groups (broad SMARTS) is 1. The summed E-state index contributed by atoms with van der Waals surface area (Å²) in [6.07, 6.45) is -2.71. The smallest absolute Gasteiger partial charge is 0.490 e. The third-order valence-corrected chi connectivity index (χ3v) is 7.50. The molecule has 4 rings (SSSR count). The number of carbonyl (C=O) groups excluding carboxylic acids is 1. The molecule has 0 saturated heterocycles. The second-order valence-corrected chi connectivity index (χ2v) is 10.6. The van der Waals surface area contributed by atoms with Crippen LogP contribution in [0.1, 0.15) is 30.9 Å². The van der Waals surface area contributed by atoms with E-state index in [9.17, 15) is 26.4 Å². The second-order valence-electron chi connectivity index (χ2n) is 8.96. The molecule has 1 amide bonds. The predicted octanol–water partition coefficient (Wildman–Crippen LogP) is 4.91. The van der Waals surface area contributed by atoms with Gasteiger partial charge in [0.15, 0.2) is 0 Å². The highest BCUT2D eigenvalue weighted by Gasteiger charge is 2.51. The minimum atomic E-state index is -5.08. The number of hydrogen-bond acceptors (Lipinski definition) is 5. The van der Waals surface area contributed by atoms with Crippen molar-refractivity contribution in [3.63, 3.8) is 0 Å². The Morgan fingerprint density at radius 2 is 1.52 bits per heavy atom. The first-order chi connectivity index (χ1) is 18.9. The first-order valence-electron chi connectivity index (χ1n) is 12.4. The van der Waals surface area contributed by atoms with Crippen LogP contribution < -0.4 is 14.8 Å². The van der Waals surface area contributed by atoms with Crippen molar-refractivity contribution in [3.05, 3.63) is 90.0 Å². The van der Waals surface area contributed by atoms with E-state index < -0.39 is 27.6 Å². The van der Waals surface area contributed by atoms with Crippen molar-refractivity contribution in [2.45, 2.75) is 42.7 Å². The fourth-order valence-corrected chi connectivity index (χ4v) is 4.92. The molecule has 12 heteroatoms. The summed E-state index contributed by atoms with van der Waals surface area (Å²) in [5.74, 6) is -2.11. The van der Waals surface area contributed by atoms with Crippen LogP contribution in [0.5, 0.6) is 5.75 Å². The number of rotatable bonds is 10. The first kappa shape index (κ1) is 30.5. The van der Waals surface area contributed by atoms with Crippen LogP contribution in [0.4, 0.5) is 18.9 Å². The Balaban J connectivity index is 0.000000559. The van der Waals surface area contributed by atoms with Crippen molar-refractivity contribution < 1.29 is 41.0 Å². The summed E-state index contributed by atoms with van der Waals surface area (Å²) in [6, 6.07) is 23.4. The molecule has 0 aliphatic heterocycles. The van der Waals surface area contributed by atoms with E-state index in [1.54, 1.807) is 24.3 Å². The third kappa shape index (κ3) is 8.22. The maximum Gasteiger partial charge on any atom is 0.490 e. The number of carbonyl (C=O) groups is 2. The molecule has 0 bridgehead atoms. The maximum absolute atomic E-state index is 12.9. The molecule has 0 atom stereocenters. The Morgan fingerprint density at radius 3 is 2.02 bits per heavy atom. The average Bonchev–Trinajstić information content (AvgIpc) is 3.72. The quantitative estimate of drug-likeness (QED) is 0.314. The van der Waals surface area contributed by atoms with Gasteiger partial charge in [0, 0.05) is 12.2 Å². The van der Waals surface area contributed by atoms with E-state index in [1.165, 1.54) is 17.7 Å². The second kappa shape index (κ2) is 12.9. The molecule has 1 fully saturated rings. The lowest BCUT2D eigenvalue weighted by Gasteiger charge is -2.17. The van der Waals surface area contributed by atoms with Gasteiger partial charge in [-0.1, -0.05) is 42.5 Å². The zero-order valence-electron chi connectivity index (χ0n) is 21.6. The van der Waals surface area contributed by atoms with Crippen LogP contribution in [-0.4, -0.2) is 44.7 Å². The number of hydrogen-bond donors (Lipinski definition) is 3. The van der Waals surface area contributed by atoms with E-state index in [0.717, 1.165) is 24.8 Å². The number of benzene rings is 3. The van der Waals surface area contributed by atoms with Gasteiger partial charge in [0.25, 0.3) is 10.0 Å². The normalized spacial score (nSPS) is 13.8. The van der Waals surface area contributed by atoms with Gasteiger partial charge in [-0.2, -0.15) is 13.2 Å². The van der Waals surface area contributed by atoms with Crippen LogP contribution >= 0.6 is 0 Å². The predicted molar refractivity (Wildman–Crippen MR) is 143 cm³/mol. The Kier molecular flexibility index (Phi) is 9.80. The molecule has 0 unspecified atom stereocenters. The molecule has 0 aromatic heterocycles. The number of sulfonamides is 1. The van der Waals surface area contributed by atoms with Gasteiger partial charge in [-0.3, -0.25) is 9.52 Å². The zero-order chi connectivity index (χ0) is 29.4. The fourth-order valence-electron chi connectivity index (χ4n) is 3.86. The van der Waals surface area contributed by atoms with Gasteiger partial charge >= 0.3 is 12.1 Å². The van der Waals surface area contributed by atoms with Crippen LogP contribution in [0, 0.1) is 0 Å². The minimum Gasteiger partial charge on any atom is -0.494 e. The number of nitrogens with one attached hydrogen (secondary N) is 2. The topological polar surface area (TPSA) is 122 Å². The number of carboxylic acids is 1. The summed E-state index contributed by atoms with van der Waals surface area (Å²) >= 11 is 0. The molecule has 3 aromatic carbocycles. The van der Waals surface area contributed by atoms with E-state index in [2.05, 4.69) is 10.0 Å². The number of anilines is 1. The number of ether oxygens (including phenoxy) is 1. The summed E-state index contributed by atoms with van der Waals surface area (Å²) in [6.45, 7) is 2.98. The van der Waals surface area contributed by atoms with E-state index in [1.807, 2.05) is 49.4 Å². The Labute approximate surface area is 230 Å². The van der Waals surface area contributed by atoms with Crippen molar-refractivity contribution in [2.75, 3.05) is 17.9 Å². The largest absolute Gasteiger partial charge is 0.494 e. The van der Waals surface area contributed by atoms with Crippen LogP contribution in [0.15, 0.2) is 83.8 Å². The Hall–Kier alpha value is -4.06. The molecule has 0 heterocycles. The van der Waals surface area contributed by atoms with Crippen LogP contribution in [0.25, 0.3) is 0 Å². The third-order valence-electron chi connectivity index (χ3n) is 6.10. The van der Waals surface area contributed by atoms with Gasteiger partial charge in [0.1, 0.15) is 5.75 Å². The fraction of sp³-hybridized carbons (Fsp3) is 0.286. The number of alkyl halides is 3. The van der Waals surface area contributed by atoms with Gasteiger partial charge in [-0.25, -0.2) is 13.2 Å². The monoisotopic (exact) mass is 578 g/mol. The van der Waals surface area contributed by atoms with E-state index >= 15 is 0 Å². The lowest BCUT2D eigenvalue weighted by molar-refractivity contribution is -0.192. The molecule has 8 nitrogen and oxygen atoms in total. The SMILES string of the molecule is CCOc1ccc(S(=O)(=O)Nc2ccc(C3(C(=O)NCCc4ccccc4)CC3)cc2)cc1.O=C(O)C(F)(F)F. The highest BCUT2D eigenvalue weighted by Crippen LogP contribution is 2.48. The molecular weight excluding hydrogens is 549 g/mol. The van der Waals surface area contributed by atoms with Gasteiger partial charge in [0.2, 0.25) is 5.91 Å². The molecule has 0 spiro atoms. The number of aliphatic carboxylic acids is 1. The van der Waals surface area contributed by atoms with E-state index in [0.29, 0.717) is 24.6 Å². The standard InChI is InChI=1S/C26H28N2O4S.C2HF3O2/c1-2-32-23-12-14-24(15-13-23)33(30,31)28-22-10-8-21(9-11-22)26(17-18-26)25(29)27-19-16-20-6-4-3-5-7-20;3-2(4,5)1(6)7/h3-15,28H,2,16-19H2,1H3,(H,27,29);(H,6,7). The van der Waals surface area contributed by atoms with Gasteiger partial charge in [0.05, 0.1) is 16.9 Å². The van der Waals surface area contributed by atoms with Gasteiger partial charge in [-0.05, 0) is 73.7 Å². The number of amides is 1. The van der Waals surface area contributed by atoms with Crippen LogP contribution in [-0.2, 0) is 31.4 Å². The van der Waals surface area contributed by atoms with Gasteiger partial charge < -0.3 is 15.2 Å². The van der Waals surface area contributed by atoms with E-state index in [4.69, 9.17) is 14.6 Å². The van der Waals surface area contributed by atoms with E-state index in [-0.39, 0.29) is 10.8 Å². The Morgan fingerprint density at radius 1 is 0.950 bits per heavy atom. The Bertz CT molecular complexity index is 1390. The summed E-state index contributed by atoms with van der Waals surface area (Å²) < 4.78 is 65.1. The minimum absolute atomic E-state index is 0.0288. The molecule has 1 saturated carbocycles. The summed E-state index contributed by atoms with van der Waals surface area (Å²) in [5, 5.41) is 10.2. The molecule has 1 aliphatic rings. The molecular formula is C28H29F3N2O6S. The molecule has 214 valence electrons. The molecule has 3 aromatic rings. The van der Waals surface area contributed by atoms with Crippen molar-refractivity contribution >= 4 is 27.6 Å². The highest BCUT2D eigenvalue weighted by atomic mass is 32.2. The lowest BCUT2D eigenvalue weighted by Crippen LogP contribution is -2.35. The number of halogens is 3. The van der Waals surface area contributed by atoms with Crippen LogP contribution in [0.3, 0.4) is 0 Å². The van der Waals surface area contributed by atoms with Crippen molar-refractivity contribution in [1.82, 2.24) is 5.32 Å². The molecule has 40 heavy (non-hydrogen) atoms. The van der Waals surface area contributed by atoms with Crippen LogP contribution in [0.2, 0.25) is 0 Å². The lowest BCUT2D eigenvalue weighted by atomic mass is 9.94. The maximum atomic E-state index is 12.9. The summed E-state index contributed by atoms with van der Waals surface area (Å²) in [5.41, 5.74) is 2.03. The highest BCUT2D eigenvalue weighted by molar-refractivity contribution is 7.92. The van der Waals surface area contributed by atoms with Crippen molar-refractivity contribution in [2.24, 2.45) is 0 Å². The molecule has 3 N–H and O–H groups in total. The van der Waals surface area contributed by atoms with Crippen molar-refractivity contribution in [3.8, 4) is 5.75 Å². The van der Waals surface area contributed by atoms with Crippen molar-refractivity contribution in [1.29, 1.82) is 0 Å². The average molecular weight is 579 g/mol. The first-order valence-corrected chi connectivity index (χ1v) is 13.8. The molecule has 0 radical (unpaired) electrons. The zero-order valence-corrected chi connectivity index (χ0v) is 22.4. The molecule has 1 aliphatic carbocycles. The summed E-state index contributed by atoms with van der Waals surface area (Å²) in [7, 11) is -3.72. The summed E-state index contributed by atoms with van der Waals surface area (Å²) in [4.78, 5) is 21.9.